The molecule has 0 amide bonds. The van der Waals surface area contributed by atoms with Crippen LogP contribution in [-0.2, 0) is 7.05 Å². The SMILES string of the molecule is CCOc1cc(OC(C)C)c(F)c(C(Nc2ccc(C(=N)N)cc2)c2nc3ccccc3n2C)c1. The van der Waals surface area contributed by atoms with Gasteiger partial charge in [-0.15, -0.1) is 0 Å². The maximum atomic E-state index is 15.9. The van der Waals surface area contributed by atoms with Gasteiger partial charge in [-0.2, -0.15) is 0 Å². The van der Waals surface area contributed by atoms with E-state index in [1.807, 2.05) is 68.8 Å². The average Bonchev–Trinajstić information content (AvgIpc) is 3.16. The van der Waals surface area contributed by atoms with E-state index in [1.165, 1.54) is 0 Å². The van der Waals surface area contributed by atoms with Crippen molar-refractivity contribution < 1.29 is 13.9 Å². The fourth-order valence-electron chi connectivity index (χ4n) is 4.01. The van der Waals surface area contributed by atoms with Crippen molar-refractivity contribution >= 4 is 22.6 Å². The number of fused-ring (bicyclic) bond motifs is 1. The lowest BCUT2D eigenvalue weighted by Gasteiger charge is -2.23. The maximum Gasteiger partial charge on any atom is 0.171 e. The van der Waals surface area contributed by atoms with Gasteiger partial charge in [0.2, 0.25) is 0 Å². The van der Waals surface area contributed by atoms with Crippen LogP contribution in [0.4, 0.5) is 10.1 Å². The molecule has 4 aromatic rings. The fraction of sp³-hybridized carbons (Fsp3) is 0.259. The number of benzene rings is 3. The van der Waals surface area contributed by atoms with Crippen LogP contribution >= 0.6 is 0 Å². The van der Waals surface area contributed by atoms with Crippen molar-refractivity contribution in [2.75, 3.05) is 11.9 Å². The Labute approximate surface area is 204 Å². The minimum Gasteiger partial charge on any atom is -0.494 e. The summed E-state index contributed by atoms with van der Waals surface area (Å²) in [5, 5.41) is 11.1. The van der Waals surface area contributed by atoms with Gasteiger partial charge in [0.25, 0.3) is 0 Å². The second-order valence-electron chi connectivity index (χ2n) is 8.51. The van der Waals surface area contributed by atoms with Gasteiger partial charge in [-0.25, -0.2) is 9.37 Å². The van der Waals surface area contributed by atoms with Gasteiger partial charge in [-0.1, -0.05) is 12.1 Å². The number of halogens is 1. The van der Waals surface area contributed by atoms with Gasteiger partial charge in [0.05, 0.1) is 23.7 Å². The number of hydrogen-bond acceptors (Lipinski definition) is 5. The minimum atomic E-state index is -0.662. The Morgan fingerprint density at radius 3 is 2.49 bits per heavy atom. The van der Waals surface area contributed by atoms with Gasteiger partial charge in [0.15, 0.2) is 11.6 Å². The third kappa shape index (κ3) is 5.06. The number of hydrogen-bond donors (Lipinski definition) is 3. The molecule has 0 aliphatic carbocycles. The normalized spacial score (nSPS) is 12.1. The van der Waals surface area contributed by atoms with Crippen molar-refractivity contribution in [1.29, 1.82) is 5.41 Å². The summed E-state index contributed by atoms with van der Waals surface area (Å²) >= 11 is 0. The van der Waals surface area contributed by atoms with E-state index in [0.717, 1.165) is 16.7 Å². The molecule has 4 N–H and O–H groups in total. The highest BCUT2D eigenvalue weighted by atomic mass is 19.1. The molecule has 1 aromatic heterocycles. The Hall–Kier alpha value is -4.07. The summed E-state index contributed by atoms with van der Waals surface area (Å²) in [6.45, 7) is 6.02. The lowest BCUT2D eigenvalue weighted by Crippen LogP contribution is -2.19. The predicted octanol–water partition coefficient (Wildman–Crippen LogP) is 5.38. The number of aromatic nitrogens is 2. The standard InChI is InChI=1S/C27H30FN5O2/c1-5-34-19-14-20(24(28)23(15-19)35-16(2)3)25(31-18-12-10-17(11-13-18)26(29)30)27-32-21-8-6-7-9-22(21)33(27)4/h6-16,25,31H,5H2,1-4H3,(H3,29,30). The molecule has 1 unspecified atom stereocenters. The third-order valence-electron chi connectivity index (χ3n) is 5.61. The fourth-order valence-corrected chi connectivity index (χ4v) is 4.01. The van der Waals surface area contributed by atoms with Crippen molar-refractivity contribution in [3.63, 3.8) is 0 Å². The minimum absolute atomic E-state index is 0.0191. The van der Waals surface area contributed by atoms with Gasteiger partial charge >= 0.3 is 0 Å². The van der Waals surface area contributed by atoms with Crippen molar-refractivity contribution in [2.45, 2.75) is 32.9 Å². The third-order valence-corrected chi connectivity index (χ3v) is 5.61. The Bertz CT molecular complexity index is 1350. The maximum absolute atomic E-state index is 15.9. The molecule has 0 radical (unpaired) electrons. The molecule has 0 aliphatic rings. The van der Waals surface area contributed by atoms with E-state index in [4.69, 9.17) is 25.6 Å². The molecule has 0 spiro atoms. The topological polar surface area (TPSA) is 98.2 Å². The van der Waals surface area contributed by atoms with Gasteiger partial charge in [-0.3, -0.25) is 5.41 Å². The summed E-state index contributed by atoms with van der Waals surface area (Å²) in [5.74, 6) is 0.766. The number of imidazole rings is 1. The number of ether oxygens (including phenoxy) is 2. The van der Waals surface area contributed by atoms with E-state index in [1.54, 1.807) is 24.3 Å². The number of anilines is 1. The summed E-state index contributed by atoms with van der Waals surface area (Å²) in [6, 6.07) is 17.5. The van der Waals surface area contributed by atoms with Crippen molar-refractivity contribution in [1.82, 2.24) is 9.55 Å². The Kier molecular flexibility index (Phi) is 6.91. The first-order valence-electron chi connectivity index (χ1n) is 11.5. The van der Waals surface area contributed by atoms with E-state index >= 15 is 4.39 Å². The molecule has 7 nitrogen and oxygen atoms in total. The molecule has 35 heavy (non-hydrogen) atoms. The predicted molar refractivity (Wildman–Crippen MR) is 137 cm³/mol. The summed E-state index contributed by atoms with van der Waals surface area (Å²) in [5.41, 5.74) is 9.02. The van der Waals surface area contributed by atoms with E-state index in [9.17, 15) is 0 Å². The molecule has 182 valence electrons. The molecule has 0 bridgehead atoms. The number of amidine groups is 1. The van der Waals surface area contributed by atoms with Crippen LogP contribution in [0.3, 0.4) is 0 Å². The summed E-state index contributed by atoms with van der Waals surface area (Å²) in [7, 11) is 1.91. The average molecular weight is 476 g/mol. The monoisotopic (exact) mass is 475 g/mol. The Morgan fingerprint density at radius 2 is 1.86 bits per heavy atom. The van der Waals surface area contributed by atoms with E-state index in [-0.39, 0.29) is 17.7 Å². The molecule has 0 saturated carbocycles. The number of nitrogens with two attached hydrogens (primary N) is 1. The van der Waals surface area contributed by atoms with Gasteiger partial charge in [-0.05, 0) is 63.2 Å². The second kappa shape index (κ2) is 10.0. The van der Waals surface area contributed by atoms with Crippen LogP contribution in [0.15, 0.2) is 60.7 Å². The van der Waals surface area contributed by atoms with Gasteiger partial charge in [0.1, 0.15) is 23.5 Å². The number of aryl methyl sites for hydroxylation is 1. The lowest BCUT2D eigenvalue weighted by atomic mass is 10.0. The highest BCUT2D eigenvalue weighted by Crippen LogP contribution is 2.37. The number of nitrogen functional groups attached to an aromatic ring is 1. The highest BCUT2D eigenvalue weighted by molar-refractivity contribution is 5.95. The highest BCUT2D eigenvalue weighted by Gasteiger charge is 2.27. The molecule has 0 aliphatic heterocycles. The zero-order valence-electron chi connectivity index (χ0n) is 20.3. The van der Waals surface area contributed by atoms with E-state index in [2.05, 4.69) is 5.32 Å². The van der Waals surface area contributed by atoms with Crippen LogP contribution in [0.1, 0.15) is 43.8 Å². The van der Waals surface area contributed by atoms with Gasteiger partial charge in [0, 0.05) is 29.9 Å². The quantitative estimate of drug-likeness (QED) is 0.223. The van der Waals surface area contributed by atoms with Crippen molar-refractivity contribution in [2.24, 2.45) is 12.8 Å². The van der Waals surface area contributed by atoms with Crippen molar-refractivity contribution in [3.8, 4) is 11.5 Å². The van der Waals surface area contributed by atoms with E-state index in [0.29, 0.717) is 29.3 Å². The van der Waals surface area contributed by atoms with Crippen LogP contribution in [0, 0.1) is 11.2 Å². The Balaban J connectivity index is 1.89. The first-order chi connectivity index (χ1) is 16.8. The van der Waals surface area contributed by atoms with Crippen LogP contribution < -0.4 is 20.5 Å². The molecule has 3 aromatic carbocycles. The molecule has 4 rings (SSSR count). The number of nitrogens with one attached hydrogen (secondary N) is 2. The molecular weight excluding hydrogens is 445 g/mol. The lowest BCUT2D eigenvalue weighted by molar-refractivity contribution is 0.228. The molecule has 8 heteroatoms. The largest absolute Gasteiger partial charge is 0.494 e. The smallest absolute Gasteiger partial charge is 0.171 e. The van der Waals surface area contributed by atoms with Crippen LogP contribution in [0.25, 0.3) is 11.0 Å². The first-order valence-corrected chi connectivity index (χ1v) is 11.5. The summed E-state index contributed by atoms with van der Waals surface area (Å²) in [6.07, 6.45) is -0.212. The van der Waals surface area contributed by atoms with Crippen molar-refractivity contribution in [3.05, 3.63) is 83.4 Å². The molecular formula is C27H30FN5O2. The first kappa shape index (κ1) is 24.1. The Morgan fingerprint density at radius 1 is 1.14 bits per heavy atom. The van der Waals surface area contributed by atoms with Crippen LogP contribution in [-0.4, -0.2) is 28.1 Å². The zero-order chi connectivity index (χ0) is 25.1. The molecule has 0 saturated heterocycles. The number of nitrogens with zero attached hydrogens (tertiary/aromatic N) is 2. The summed E-state index contributed by atoms with van der Waals surface area (Å²) in [4.78, 5) is 4.84. The molecule has 1 atom stereocenters. The summed E-state index contributed by atoms with van der Waals surface area (Å²) < 4.78 is 29.4. The van der Waals surface area contributed by atoms with Gasteiger partial charge < -0.3 is 25.1 Å². The van der Waals surface area contributed by atoms with Crippen LogP contribution in [0.5, 0.6) is 11.5 Å². The molecule has 0 fully saturated rings. The number of para-hydroxylation sites is 2. The second-order valence-corrected chi connectivity index (χ2v) is 8.51. The zero-order valence-corrected chi connectivity index (χ0v) is 20.3. The van der Waals surface area contributed by atoms with Crippen LogP contribution in [0.2, 0.25) is 0 Å². The molecule has 1 heterocycles. The van der Waals surface area contributed by atoms with E-state index < -0.39 is 11.9 Å². The number of rotatable bonds is 9.